The first-order chi connectivity index (χ1) is 4.33. The van der Waals surface area contributed by atoms with Crippen LogP contribution in [0.4, 0.5) is 0 Å². The zero-order valence-corrected chi connectivity index (χ0v) is 4.70. The Morgan fingerprint density at radius 3 is 3.11 bits per heavy atom. The Hall–Kier alpha value is -1.10. The van der Waals surface area contributed by atoms with Gasteiger partial charge in [0.05, 0.1) is 0 Å². The third-order valence-corrected chi connectivity index (χ3v) is 0.866. The normalized spacial score (nSPS) is 9.89. The maximum Gasteiger partial charge on any atom is 0.426 e. The molecule has 0 aliphatic heterocycles. The molecule has 0 radical (unpaired) electrons. The average molecular weight is 131 g/mol. The standard InChI is InChI=1S/C4H6N2O3/c7-2-1-6-3-4(8)9-5-6/h3,7H,1-2H2/p+1. The second-order valence-corrected chi connectivity index (χ2v) is 1.56. The zero-order chi connectivity index (χ0) is 6.69. The molecule has 2 N–H and O–H groups in total. The number of aromatic nitrogens is 2. The van der Waals surface area contributed by atoms with Crippen LogP contribution in [0, 0.1) is 0 Å². The van der Waals surface area contributed by atoms with Crippen molar-refractivity contribution in [1.29, 1.82) is 0 Å². The summed E-state index contributed by atoms with van der Waals surface area (Å²) in [5, 5.41) is 10.6. The van der Waals surface area contributed by atoms with Crippen molar-refractivity contribution < 1.29 is 14.3 Å². The van der Waals surface area contributed by atoms with Crippen LogP contribution in [0.3, 0.4) is 0 Å². The van der Waals surface area contributed by atoms with Crippen molar-refractivity contribution in [3.8, 4) is 0 Å². The Bertz CT molecular complexity index is 226. The zero-order valence-electron chi connectivity index (χ0n) is 4.70. The SMILES string of the molecule is O=c1c[n+](CCO)[nH]o1. The molecule has 5 heteroatoms. The van der Waals surface area contributed by atoms with E-state index in [-0.39, 0.29) is 6.61 Å². The minimum atomic E-state index is -0.441. The Balaban J connectivity index is 2.73. The van der Waals surface area contributed by atoms with Crippen molar-refractivity contribution in [1.82, 2.24) is 5.27 Å². The lowest BCUT2D eigenvalue weighted by Gasteiger charge is -1.79. The first-order valence-corrected chi connectivity index (χ1v) is 2.52. The van der Waals surface area contributed by atoms with Gasteiger partial charge in [-0.3, -0.25) is 4.52 Å². The quantitative estimate of drug-likeness (QED) is 0.467. The largest absolute Gasteiger partial charge is 0.426 e. The fraction of sp³-hybridized carbons (Fsp3) is 0.500. The molecular weight excluding hydrogens is 124 g/mol. The van der Waals surface area contributed by atoms with Gasteiger partial charge in [0.25, 0.3) is 6.20 Å². The highest BCUT2D eigenvalue weighted by molar-refractivity contribution is 4.48. The van der Waals surface area contributed by atoms with E-state index in [0.717, 1.165) is 0 Å². The van der Waals surface area contributed by atoms with Gasteiger partial charge in [0, 0.05) is 0 Å². The van der Waals surface area contributed by atoms with Gasteiger partial charge in [0.1, 0.15) is 6.61 Å². The first kappa shape index (κ1) is 6.03. The molecule has 50 valence electrons. The van der Waals surface area contributed by atoms with Crippen molar-refractivity contribution in [2.45, 2.75) is 6.54 Å². The number of H-pyrrole nitrogens is 1. The summed E-state index contributed by atoms with van der Waals surface area (Å²) in [6.45, 7) is 0.339. The van der Waals surface area contributed by atoms with Crippen LogP contribution in [-0.4, -0.2) is 17.0 Å². The maximum absolute atomic E-state index is 10.3. The van der Waals surface area contributed by atoms with Gasteiger partial charge in [-0.25, -0.2) is 4.79 Å². The molecule has 1 aromatic rings. The van der Waals surface area contributed by atoms with Crippen LogP contribution in [0.2, 0.25) is 0 Å². The predicted octanol–water partition coefficient (Wildman–Crippen LogP) is -1.75. The summed E-state index contributed by atoms with van der Waals surface area (Å²) < 4.78 is 5.65. The lowest BCUT2D eigenvalue weighted by molar-refractivity contribution is -0.763. The summed E-state index contributed by atoms with van der Waals surface area (Å²) in [4.78, 5) is 10.3. The Labute approximate surface area is 50.5 Å². The molecule has 0 saturated heterocycles. The number of nitrogens with zero attached hydrogens (tertiary/aromatic N) is 1. The molecule has 0 aliphatic rings. The molecule has 0 amide bonds. The molecule has 0 bridgehead atoms. The Morgan fingerprint density at radius 1 is 1.89 bits per heavy atom. The molecule has 0 atom stereocenters. The summed E-state index contributed by atoms with van der Waals surface area (Å²) in [7, 11) is 0. The number of hydrogen-bond acceptors (Lipinski definition) is 3. The fourth-order valence-electron chi connectivity index (χ4n) is 0.501. The van der Waals surface area contributed by atoms with E-state index in [1.807, 2.05) is 0 Å². The van der Waals surface area contributed by atoms with E-state index in [1.165, 1.54) is 10.9 Å². The number of hydrogen-bond donors (Lipinski definition) is 2. The van der Waals surface area contributed by atoms with Crippen molar-refractivity contribution in [2.24, 2.45) is 0 Å². The molecule has 0 unspecified atom stereocenters. The number of aromatic amines is 1. The van der Waals surface area contributed by atoms with E-state index in [1.54, 1.807) is 0 Å². The predicted molar refractivity (Wildman–Crippen MR) is 26.6 cm³/mol. The molecule has 9 heavy (non-hydrogen) atoms. The molecule has 0 aliphatic carbocycles. The summed E-state index contributed by atoms with van der Waals surface area (Å²) in [5.74, 6) is 0. The number of aliphatic hydroxyl groups is 1. The molecular formula is C4H7N2O3+. The second kappa shape index (κ2) is 2.45. The lowest BCUT2D eigenvalue weighted by Crippen LogP contribution is -2.36. The highest BCUT2D eigenvalue weighted by Crippen LogP contribution is 1.59. The summed E-state index contributed by atoms with van der Waals surface area (Å²) in [6, 6.07) is 0. The van der Waals surface area contributed by atoms with Crippen LogP contribution < -0.4 is 10.3 Å². The van der Waals surface area contributed by atoms with Gasteiger partial charge in [-0.2, -0.15) is 0 Å². The van der Waals surface area contributed by atoms with Gasteiger partial charge in [-0.1, -0.05) is 4.68 Å². The molecule has 0 saturated carbocycles. The highest BCUT2D eigenvalue weighted by Gasteiger charge is 2.01. The van der Waals surface area contributed by atoms with Crippen LogP contribution in [0.25, 0.3) is 0 Å². The minimum absolute atomic E-state index is 0.0138. The smallest absolute Gasteiger partial charge is 0.390 e. The maximum atomic E-state index is 10.3. The topological polar surface area (TPSA) is 70.1 Å². The molecule has 1 rings (SSSR count). The Kier molecular flexibility index (Phi) is 1.64. The van der Waals surface area contributed by atoms with Crippen molar-refractivity contribution >= 4 is 0 Å². The van der Waals surface area contributed by atoms with Crippen molar-refractivity contribution in [3.63, 3.8) is 0 Å². The third-order valence-electron chi connectivity index (χ3n) is 0.866. The van der Waals surface area contributed by atoms with Crippen LogP contribution in [0.1, 0.15) is 0 Å². The fourth-order valence-corrected chi connectivity index (χ4v) is 0.501. The highest BCUT2D eigenvalue weighted by atomic mass is 16.5. The third kappa shape index (κ3) is 1.39. The van der Waals surface area contributed by atoms with E-state index in [0.29, 0.717) is 6.54 Å². The van der Waals surface area contributed by atoms with E-state index >= 15 is 0 Å². The summed E-state index contributed by atoms with van der Waals surface area (Å²) in [6.07, 6.45) is 1.23. The van der Waals surface area contributed by atoms with Gasteiger partial charge in [-0.05, 0) is 5.27 Å². The van der Waals surface area contributed by atoms with Crippen LogP contribution in [-0.2, 0) is 6.54 Å². The van der Waals surface area contributed by atoms with Gasteiger partial charge in [0.2, 0.25) is 0 Å². The van der Waals surface area contributed by atoms with Crippen LogP contribution >= 0.6 is 0 Å². The average Bonchev–Trinajstić information content (AvgIpc) is 2.17. The summed E-state index contributed by atoms with van der Waals surface area (Å²) in [5.41, 5.74) is -0.441. The molecule has 5 nitrogen and oxygen atoms in total. The summed E-state index contributed by atoms with van der Waals surface area (Å²) >= 11 is 0. The van der Waals surface area contributed by atoms with E-state index < -0.39 is 5.63 Å². The second-order valence-electron chi connectivity index (χ2n) is 1.56. The van der Waals surface area contributed by atoms with Gasteiger partial charge in [-0.15, -0.1) is 0 Å². The number of nitrogens with one attached hydrogen (secondary N) is 1. The van der Waals surface area contributed by atoms with Crippen molar-refractivity contribution in [2.75, 3.05) is 6.61 Å². The molecule has 0 aromatic carbocycles. The Morgan fingerprint density at radius 2 is 2.67 bits per heavy atom. The van der Waals surface area contributed by atoms with Crippen LogP contribution in [0.15, 0.2) is 15.5 Å². The van der Waals surface area contributed by atoms with Gasteiger partial charge in [0.15, 0.2) is 6.54 Å². The minimum Gasteiger partial charge on any atom is -0.390 e. The monoisotopic (exact) mass is 131 g/mol. The van der Waals surface area contributed by atoms with Gasteiger partial charge < -0.3 is 5.11 Å². The number of rotatable bonds is 2. The molecule has 0 spiro atoms. The lowest BCUT2D eigenvalue weighted by atomic mass is 10.7. The van der Waals surface area contributed by atoms with Crippen molar-refractivity contribution in [3.05, 3.63) is 16.6 Å². The molecule has 0 fully saturated rings. The number of aliphatic hydroxyl groups excluding tert-OH is 1. The van der Waals surface area contributed by atoms with Gasteiger partial charge >= 0.3 is 5.63 Å². The van der Waals surface area contributed by atoms with E-state index in [4.69, 9.17) is 5.11 Å². The van der Waals surface area contributed by atoms with Crippen LogP contribution in [0.5, 0.6) is 0 Å². The molecule has 1 heterocycles. The van der Waals surface area contributed by atoms with E-state index in [2.05, 4.69) is 9.79 Å². The molecule has 1 aromatic heterocycles. The first-order valence-electron chi connectivity index (χ1n) is 2.52. The van der Waals surface area contributed by atoms with E-state index in [9.17, 15) is 4.79 Å².